The van der Waals surface area contributed by atoms with E-state index >= 15 is 0 Å². The number of rotatable bonds is 3. The van der Waals surface area contributed by atoms with Gasteiger partial charge in [0.15, 0.2) is 4.33 Å². The van der Waals surface area contributed by atoms with Crippen molar-refractivity contribution in [1.82, 2.24) is 0 Å². The molecule has 1 saturated carbocycles. The number of carboxylic acid groups (broad SMARTS) is 1. The molecule has 146 valence electrons. The number of nitrogens with one attached hydrogen (secondary N) is 1. The van der Waals surface area contributed by atoms with Gasteiger partial charge in [0.1, 0.15) is 9.75 Å². The first-order valence-electron chi connectivity index (χ1n) is 7.74. The van der Waals surface area contributed by atoms with Gasteiger partial charge in [0.25, 0.3) is 0 Å². The molecule has 4 atom stereocenters. The van der Waals surface area contributed by atoms with Crippen LogP contribution in [-0.2, 0) is 9.59 Å². The van der Waals surface area contributed by atoms with E-state index in [9.17, 15) is 14.7 Å². The molecule has 0 aliphatic heterocycles. The minimum Gasteiger partial charge on any atom is -0.481 e. The zero-order chi connectivity index (χ0) is 20.5. The summed E-state index contributed by atoms with van der Waals surface area (Å²) in [5.74, 6) is -5.19. The Hall–Kier alpha value is -0.360. The Morgan fingerprint density at radius 2 is 1.52 bits per heavy atom. The number of allylic oxidation sites excluding steroid dienone is 2. The number of aliphatic carboxylic acids is 1. The molecular formula is C17H13Cl6NO3. The molecule has 0 radical (unpaired) electrons. The lowest BCUT2D eigenvalue weighted by Gasteiger charge is -2.33. The van der Waals surface area contributed by atoms with Gasteiger partial charge in [-0.25, -0.2) is 0 Å². The van der Waals surface area contributed by atoms with Crippen molar-refractivity contribution in [3.05, 3.63) is 39.4 Å². The average molecular weight is 492 g/mol. The third-order valence-corrected chi connectivity index (χ3v) is 9.38. The number of anilines is 1. The standard InChI is InChI=1S/C17H13Cl6NO3/c1-6-3-4-8(7(2)5-6)24-13(25)9-10(14(26)27)16(21)12(19)11(18)15(9,20)17(16,22)23/h3-5,9-10H,1-2H3,(H,24,25)(H,26,27)/t9-,10-,15-,16-/m1/s1. The Labute approximate surface area is 185 Å². The number of alkyl halides is 4. The van der Waals surface area contributed by atoms with Crippen LogP contribution in [0.2, 0.25) is 0 Å². The summed E-state index contributed by atoms with van der Waals surface area (Å²) in [6.45, 7) is 3.71. The van der Waals surface area contributed by atoms with E-state index in [1.165, 1.54) is 0 Å². The van der Waals surface area contributed by atoms with Crippen molar-refractivity contribution >= 4 is 87.2 Å². The van der Waals surface area contributed by atoms with E-state index in [4.69, 9.17) is 69.6 Å². The van der Waals surface area contributed by atoms with Crippen LogP contribution in [0.25, 0.3) is 0 Å². The van der Waals surface area contributed by atoms with E-state index in [0.29, 0.717) is 5.69 Å². The van der Waals surface area contributed by atoms with E-state index in [1.54, 1.807) is 19.1 Å². The fraction of sp³-hybridized carbons (Fsp3) is 0.412. The molecule has 0 aromatic heterocycles. The third kappa shape index (κ3) is 2.57. The molecule has 10 heteroatoms. The van der Waals surface area contributed by atoms with E-state index in [-0.39, 0.29) is 10.1 Å². The number of hydrogen-bond donors (Lipinski definition) is 2. The molecule has 2 aliphatic carbocycles. The van der Waals surface area contributed by atoms with Crippen LogP contribution in [0.15, 0.2) is 28.3 Å². The van der Waals surface area contributed by atoms with Gasteiger partial charge in [-0.1, -0.05) is 64.1 Å². The average Bonchev–Trinajstić information content (AvgIpc) is 2.77. The maximum absolute atomic E-state index is 13.1. The first-order valence-corrected chi connectivity index (χ1v) is 10.0. The number of carboxylic acids is 1. The molecule has 4 nitrogen and oxygen atoms in total. The van der Waals surface area contributed by atoms with Crippen LogP contribution >= 0.6 is 69.6 Å². The van der Waals surface area contributed by atoms with Crippen molar-refractivity contribution in [2.24, 2.45) is 11.8 Å². The van der Waals surface area contributed by atoms with Gasteiger partial charge < -0.3 is 10.4 Å². The number of aryl methyl sites for hydroxylation is 2. The van der Waals surface area contributed by atoms with Crippen LogP contribution < -0.4 is 5.32 Å². The molecule has 2 N–H and O–H groups in total. The smallest absolute Gasteiger partial charge is 0.309 e. The van der Waals surface area contributed by atoms with Crippen LogP contribution in [0.5, 0.6) is 0 Å². The minimum absolute atomic E-state index is 0.232. The molecule has 0 saturated heterocycles. The summed E-state index contributed by atoms with van der Waals surface area (Å²) in [6.07, 6.45) is 0. The largest absolute Gasteiger partial charge is 0.481 e. The maximum atomic E-state index is 13.1. The summed E-state index contributed by atoms with van der Waals surface area (Å²) in [5, 5.41) is 11.9. The van der Waals surface area contributed by atoms with Crippen molar-refractivity contribution in [2.45, 2.75) is 27.9 Å². The Balaban J connectivity index is 2.11. The van der Waals surface area contributed by atoms with Gasteiger partial charge in [-0.2, -0.15) is 0 Å². The van der Waals surface area contributed by atoms with Crippen LogP contribution in [0.4, 0.5) is 5.69 Å². The number of halogens is 6. The molecule has 1 fully saturated rings. The first-order chi connectivity index (χ1) is 12.3. The molecule has 2 aliphatic rings. The fourth-order valence-electron chi connectivity index (χ4n) is 3.79. The van der Waals surface area contributed by atoms with Gasteiger partial charge in [-0.05, 0) is 25.5 Å². The predicted molar refractivity (Wildman–Crippen MR) is 109 cm³/mol. The highest BCUT2D eigenvalue weighted by Gasteiger charge is 2.85. The van der Waals surface area contributed by atoms with Crippen LogP contribution in [0.1, 0.15) is 11.1 Å². The Morgan fingerprint density at radius 3 is 2.00 bits per heavy atom. The maximum Gasteiger partial charge on any atom is 0.309 e. The van der Waals surface area contributed by atoms with Crippen molar-refractivity contribution in [3.63, 3.8) is 0 Å². The normalized spacial score (nSPS) is 34.1. The molecule has 1 aromatic carbocycles. The minimum atomic E-state index is -2.12. The van der Waals surface area contributed by atoms with Crippen molar-refractivity contribution in [3.8, 4) is 0 Å². The van der Waals surface area contributed by atoms with E-state index in [1.807, 2.05) is 13.0 Å². The van der Waals surface area contributed by atoms with Gasteiger partial charge >= 0.3 is 5.97 Å². The van der Waals surface area contributed by atoms with Crippen LogP contribution in [-0.4, -0.2) is 31.1 Å². The Bertz CT molecular complexity index is 901. The Morgan fingerprint density at radius 1 is 1.00 bits per heavy atom. The number of carbonyl (C=O) groups is 2. The van der Waals surface area contributed by atoms with Gasteiger partial charge in [0, 0.05) is 5.69 Å². The van der Waals surface area contributed by atoms with Gasteiger partial charge in [0.05, 0.1) is 21.9 Å². The number of carbonyl (C=O) groups excluding carboxylic acids is 1. The fourth-order valence-corrected chi connectivity index (χ4v) is 6.73. The number of benzene rings is 1. The second-order valence-electron chi connectivity index (χ2n) is 6.73. The molecule has 0 spiro atoms. The second-order valence-corrected chi connectivity index (χ2v) is 10.0. The van der Waals surface area contributed by atoms with E-state index in [2.05, 4.69) is 5.32 Å². The van der Waals surface area contributed by atoms with E-state index < -0.39 is 37.8 Å². The topological polar surface area (TPSA) is 66.4 Å². The highest BCUT2D eigenvalue weighted by molar-refractivity contribution is 6.66. The quantitative estimate of drug-likeness (QED) is 0.556. The molecule has 27 heavy (non-hydrogen) atoms. The summed E-state index contributed by atoms with van der Waals surface area (Å²) >= 11 is 38.3. The monoisotopic (exact) mass is 489 g/mol. The van der Waals surface area contributed by atoms with Crippen molar-refractivity contribution in [2.75, 3.05) is 5.32 Å². The summed E-state index contributed by atoms with van der Waals surface area (Å²) < 4.78 is -2.12. The number of hydrogen-bond acceptors (Lipinski definition) is 2. The van der Waals surface area contributed by atoms with Crippen molar-refractivity contribution in [1.29, 1.82) is 0 Å². The van der Waals surface area contributed by atoms with E-state index in [0.717, 1.165) is 11.1 Å². The highest BCUT2D eigenvalue weighted by atomic mass is 35.5. The molecular weight excluding hydrogens is 479 g/mol. The molecule has 1 amide bonds. The zero-order valence-electron chi connectivity index (χ0n) is 13.9. The summed E-state index contributed by atoms with van der Waals surface area (Å²) in [5.41, 5.74) is 2.27. The molecule has 0 heterocycles. The van der Waals surface area contributed by atoms with Crippen LogP contribution in [0.3, 0.4) is 0 Å². The molecule has 0 unspecified atom stereocenters. The molecule has 1 aromatic rings. The highest BCUT2D eigenvalue weighted by Crippen LogP contribution is 2.76. The number of fused-ring (bicyclic) bond motifs is 2. The predicted octanol–water partition coefficient (Wildman–Crippen LogP) is 5.40. The summed E-state index contributed by atoms with van der Waals surface area (Å²) in [4.78, 5) is 21.0. The third-order valence-electron chi connectivity index (χ3n) is 5.12. The Kier molecular flexibility index (Phi) is 5.20. The first kappa shape index (κ1) is 21.4. The lowest BCUT2D eigenvalue weighted by Crippen LogP contribution is -2.47. The molecule has 3 rings (SSSR count). The van der Waals surface area contributed by atoms with Crippen molar-refractivity contribution < 1.29 is 14.7 Å². The number of amides is 1. The van der Waals surface area contributed by atoms with Gasteiger partial charge in [0.2, 0.25) is 5.91 Å². The SMILES string of the molecule is Cc1ccc(NC(=O)[C@H]2[C@H](C(=O)O)[C@@]3(Cl)C(Cl)=C(Cl)[C@@]2(Cl)C3(Cl)Cl)c(C)c1. The van der Waals surface area contributed by atoms with Gasteiger partial charge in [-0.15, -0.1) is 23.2 Å². The lowest BCUT2D eigenvalue weighted by molar-refractivity contribution is -0.146. The summed E-state index contributed by atoms with van der Waals surface area (Å²) in [7, 11) is 0. The zero-order valence-corrected chi connectivity index (χ0v) is 18.5. The lowest BCUT2D eigenvalue weighted by atomic mass is 9.81. The van der Waals surface area contributed by atoms with Crippen LogP contribution in [0, 0.1) is 25.7 Å². The van der Waals surface area contributed by atoms with Gasteiger partial charge in [-0.3, -0.25) is 9.59 Å². The second kappa shape index (κ2) is 6.58. The summed E-state index contributed by atoms with van der Waals surface area (Å²) in [6, 6.07) is 5.36. The molecule has 2 bridgehead atoms.